The molecular formula is C13H18N4O2. The molecule has 2 rings (SSSR count). The second-order valence-corrected chi connectivity index (χ2v) is 4.22. The first-order chi connectivity index (χ1) is 9.22. The van der Waals surface area contributed by atoms with E-state index in [1.54, 1.807) is 7.11 Å². The molecule has 0 bridgehead atoms. The topological polar surface area (TPSA) is 77.4 Å². The van der Waals surface area contributed by atoms with E-state index in [2.05, 4.69) is 10.2 Å². The summed E-state index contributed by atoms with van der Waals surface area (Å²) in [4.78, 5) is 1.89. The summed E-state index contributed by atoms with van der Waals surface area (Å²) in [6.07, 6.45) is 0.597. The lowest BCUT2D eigenvalue weighted by Crippen LogP contribution is -2.16. The Balaban J connectivity index is 2.04. The van der Waals surface area contributed by atoms with Gasteiger partial charge in [-0.2, -0.15) is 0 Å². The van der Waals surface area contributed by atoms with Crippen LogP contribution in [0.15, 0.2) is 28.7 Å². The molecule has 6 nitrogen and oxygen atoms in total. The van der Waals surface area contributed by atoms with Gasteiger partial charge in [0, 0.05) is 26.6 Å². The molecule has 0 unspecified atom stereocenters. The van der Waals surface area contributed by atoms with Gasteiger partial charge in [0.15, 0.2) is 0 Å². The van der Waals surface area contributed by atoms with Gasteiger partial charge in [-0.25, -0.2) is 0 Å². The number of methoxy groups -OCH3 is 1. The van der Waals surface area contributed by atoms with Crippen molar-refractivity contribution in [1.82, 2.24) is 10.2 Å². The highest BCUT2D eigenvalue weighted by Gasteiger charge is 2.11. The lowest BCUT2D eigenvalue weighted by molar-refractivity contribution is 0.414. The van der Waals surface area contributed by atoms with Gasteiger partial charge in [-0.15, -0.1) is 5.10 Å². The van der Waals surface area contributed by atoms with E-state index in [9.17, 15) is 0 Å². The molecule has 1 aromatic heterocycles. The zero-order valence-electron chi connectivity index (χ0n) is 11.2. The smallest absolute Gasteiger partial charge is 0.318 e. The van der Waals surface area contributed by atoms with E-state index in [0.717, 1.165) is 11.3 Å². The normalized spacial score (nSPS) is 10.5. The number of ether oxygens (including phenoxy) is 1. The highest BCUT2D eigenvalue weighted by molar-refractivity contribution is 5.32. The summed E-state index contributed by atoms with van der Waals surface area (Å²) in [5.41, 5.74) is 6.56. The van der Waals surface area contributed by atoms with Crippen LogP contribution in [0.2, 0.25) is 0 Å². The first kappa shape index (κ1) is 13.4. The third kappa shape index (κ3) is 3.45. The van der Waals surface area contributed by atoms with E-state index < -0.39 is 0 Å². The van der Waals surface area contributed by atoms with Gasteiger partial charge in [0.1, 0.15) is 5.75 Å². The minimum Gasteiger partial charge on any atom is -0.497 e. The van der Waals surface area contributed by atoms with Crippen LogP contribution < -0.4 is 15.4 Å². The Morgan fingerprint density at radius 1 is 1.37 bits per heavy atom. The molecule has 2 aromatic rings. The largest absolute Gasteiger partial charge is 0.497 e. The second-order valence-electron chi connectivity index (χ2n) is 4.22. The number of hydrogen-bond acceptors (Lipinski definition) is 6. The standard InChI is InChI=1S/C13H18N4O2/c1-17(13-16-15-12(19-13)6-7-14)9-10-4-3-5-11(8-10)18-2/h3-5,8H,6-7,9,14H2,1-2H3. The lowest BCUT2D eigenvalue weighted by Gasteiger charge is -2.14. The van der Waals surface area contributed by atoms with Crippen molar-refractivity contribution in [3.63, 3.8) is 0 Å². The Kier molecular flexibility index (Phi) is 4.35. The number of benzene rings is 1. The Labute approximate surface area is 112 Å². The van der Waals surface area contributed by atoms with E-state index >= 15 is 0 Å². The number of rotatable bonds is 6. The molecule has 0 aliphatic heterocycles. The van der Waals surface area contributed by atoms with Crippen LogP contribution in [0, 0.1) is 0 Å². The van der Waals surface area contributed by atoms with Gasteiger partial charge in [-0.05, 0) is 17.7 Å². The Morgan fingerprint density at radius 3 is 2.95 bits per heavy atom. The zero-order chi connectivity index (χ0) is 13.7. The van der Waals surface area contributed by atoms with E-state index in [1.165, 1.54) is 0 Å². The summed E-state index contributed by atoms with van der Waals surface area (Å²) < 4.78 is 10.7. The molecule has 1 aromatic carbocycles. The van der Waals surface area contributed by atoms with E-state index in [0.29, 0.717) is 31.4 Å². The molecule has 1 heterocycles. The molecule has 6 heteroatoms. The van der Waals surface area contributed by atoms with Gasteiger partial charge in [-0.3, -0.25) is 0 Å². The molecule has 0 saturated carbocycles. The maximum atomic E-state index is 5.51. The third-order valence-corrected chi connectivity index (χ3v) is 2.69. The molecule has 0 radical (unpaired) electrons. The van der Waals surface area contributed by atoms with Crippen molar-refractivity contribution in [2.75, 3.05) is 25.6 Å². The van der Waals surface area contributed by atoms with Crippen LogP contribution in [0.1, 0.15) is 11.5 Å². The van der Waals surface area contributed by atoms with Crippen LogP contribution in [0.3, 0.4) is 0 Å². The first-order valence-corrected chi connectivity index (χ1v) is 6.09. The first-order valence-electron chi connectivity index (χ1n) is 6.09. The molecule has 102 valence electrons. The molecule has 0 saturated heterocycles. The van der Waals surface area contributed by atoms with Crippen LogP contribution in [-0.4, -0.2) is 30.9 Å². The van der Waals surface area contributed by atoms with Gasteiger partial charge in [-0.1, -0.05) is 17.2 Å². The van der Waals surface area contributed by atoms with Gasteiger partial charge in [0.05, 0.1) is 7.11 Å². The zero-order valence-corrected chi connectivity index (χ0v) is 11.2. The van der Waals surface area contributed by atoms with Gasteiger partial charge >= 0.3 is 6.01 Å². The van der Waals surface area contributed by atoms with Crippen molar-refractivity contribution in [2.24, 2.45) is 5.73 Å². The average Bonchev–Trinajstić information content (AvgIpc) is 2.88. The number of aromatic nitrogens is 2. The van der Waals surface area contributed by atoms with E-state index in [1.807, 2.05) is 36.2 Å². The molecular weight excluding hydrogens is 244 g/mol. The number of hydrogen-bond donors (Lipinski definition) is 1. The molecule has 0 amide bonds. The summed E-state index contributed by atoms with van der Waals surface area (Å²) in [5, 5.41) is 7.94. The summed E-state index contributed by atoms with van der Waals surface area (Å²) in [7, 11) is 3.55. The summed E-state index contributed by atoms with van der Waals surface area (Å²) >= 11 is 0. The van der Waals surface area contributed by atoms with Crippen LogP contribution in [0.25, 0.3) is 0 Å². The van der Waals surface area contributed by atoms with Crippen LogP contribution >= 0.6 is 0 Å². The van der Waals surface area contributed by atoms with E-state index in [4.69, 9.17) is 14.9 Å². The Bertz CT molecular complexity index is 527. The van der Waals surface area contributed by atoms with Crippen molar-refractivity contribution in [1.29, 1.82) is 0 Å². The molecule has 2 N–H and O–H groups in total. The van der Waals surface area contributed by atoms with Crippen LogP contribution in [-0.2, 0) is 13.0 Å². The molecule has 0 atom stereocenters. The molecule has 0 aliphatic rings. The van der Waals surface area contributed by atoms with E-state index in [-0.39, 0.29) is 0 Å². The summed E-state index contributed by atoms with van der Waals surface area (Å²) in [6.45, 7) is 1.17. The van der Waals surface area contributed by atoms with Crippen molar-refractivity contribution >= 4 is 6.01 Å². The lowest BCUT2D eigenvalue weighted by atomic mass is 10.2. The Morgan fingerprint density at radius 2 is 2.21 bits per heavy atom. The highest BCUT2D eigenvalue weighted by atomic mass is 16.5. The maximum Gasteiger partial charge on any atom is 0.318 e. The summed E-state index contributed by atoms with van der Waals surface area (Å²) in [5.74, 6) is 1.40. The minimum atomic E-state index is 0.492. The van der Waals surface area contributed by atoms with Gasteiger partial charge in [0.25, 0.3) is 0 Å². The second kappa shape index (κ2) is 6.19. The molecule has 0 fully saturated rings. The van der Waals surface area contributed by atoms with Crippen molar-refractivity contribution in [2.45, 2.75) is 13.0 Å². The van der Waals surface area contributed by atoms with Gasteiger partial charge in [0.2, 0.25) is 5.89 Å². The van der Waals surface area contributed by atoms with Crippen LogP contribution in [0.4, 0.5) is 6.01 Å². The fourth-order valence-electron chi connectivity index (χ4n) is 1.74. The monoisotopic (exact) mass is 262 g/mol. The number of nitrogens with zero attached hydrogens (tertiary/aromatic N) is 3. The predicted octanol–water partition coefficient (Wildman–Crippen LogP) is 1.22. The highest BCUT2D eigenvalue weighted by Crippen LogP contribution is 2.17. The number of anilines is 1. The molecule has 19 heavy (non-hydrogen) atoms. The predicted molar refractivity (Wildman–Crippen MR) is 72.2 cm³/mol. The van der Waals surface area contributed by atoms with Crippen molar-refractivity contribution in [3.05, 3.63) is 35.7 Å². The maximum absolute atomic E-state index is 5.51. The SMILES string of the molecule is COc1cccc(CN(C)c2nnc(CCN)o2)c1. The molecule has 0 spiro atoms. The average molecular weight is 262 g/mol. The quantitative estimate of drug-likeness (QED) is 0.843. The Hall–Kier alpha value is -2.08. The summed E-state index contributed by atoms with van der Waals surface area (Å²) in [6, 6.07) is 8.36. The van der Waals surface area contributed by atoms with Gasteiger partial charge < -0.3 is 19.8 Å². The minimum absolute atomic E-state index is 0.492. The third-order valence-electron chi connectivity index (χ3n) is 2.69. The van der Waals surface area contributed by atoms with Crippen molar-refractivity contribution in [3.8, 4) is 5.75 Å². The van der Waals surface area contributed by atoms with Crippen molar-refractivity contribution < 1.29 is 9.15 Å². The fourth-order valence-corrected chi connectivity index (χ4v) is 1.74. The number of nitrogens with two attached hydrogens (primary N) is 1. The molecule has 0 aliphatic carbocycles. The van der Waals surface area contributed by atoms with Crippen LogP contribution in [0.5, 0.6) is 5.75 Å². The fraction of sp³-hybridized carbons (Fsp3) is 0.385.